The number of hydrogen-bond acceptors (Lipinski definition) is 2. The van der Waals surface area contributed by atoms with Crippen molar-refractivity contribution in [1.29, 1.82) is 0 Å². The van der Waals surface area contributed by atoms with Crippen LogP contribution in [0.25, 0.3) is 12.2 Å². The largest absolute Gasteiger partial charge is 0.322 e. The Balaban J connectivity index is 1.75. The van der Waals surface area contributed by atoms with Gasteiger partial charge in [0.25, 0.3) is 5.91 Å². The molecule has 0 aliphatic rings. The van der Waals surface area contributed by atoms with Gasteiger partial charge < -0.3 is 5.32 Å². The van der Waals surface area contributed by atoms with E-state index >= 15 is 0 Å². The van der Waals surface area contributed by atoms with E-state index in [1.54, 1.807) is 6.20 Å². The fourth-order valence-corrected chi connectivity index (χ4v) is 2.69. The summed E-state index contributed by atoms with van der Waals surface area (Å²) in [6, 6.07) is 19.4. The quantitative estimate of drug-likeness (QED) is 0.722. The van der Waals surface area contributed by atoms with E-state index in [1.807, 2.05) is 80.6 Å². The third-order valence-electron chi connectivity index (χ3n) is 3.76. The minimum absolute atomic E-state index is 0.0994. The van der Waals surface area contributed by atoms with Gasteiger partial charge in [-0.2, -0.15) is 0 Å². The molecule has 1 N–H and O–H groups in total. The van der Waals surface area contributed by atoms with Crippen molar-refractivity contribution in [3.8, 4) is 0 Å². The molecule has 2 aromatic carbocycles. The van der Waals surface area contributed by atoms with Gasteiger partial charge in [0, 0.05) is 17.4 Å². The van der Waals surface area contributed by atoms with Crippen LogP contribution in [-0.2, 0) is 0 Å². The molecule has 1 amide bonds. The standard InChI is InChI=1S/C22H20N2O/c1-16-12-17(2)14-19(13-16)22(25)24-21-8-5-6-18(15-21)9-10-20-7-3-4-11-23-20/h3-15H,1-2H3,(H,24,25)/b10-9+. The minimum Gasteiger partial charge on any atom is -0.322 e. The molecule has 0 saturated heterocycles. The number of aryl methyl sites for hydroxylation is 2. The van der Waals surface area contributed by atoms with Gasteiger partial charge in [-0.25, -0.2) is 0 Å². The Morgan fingerprint density at radius 1 is 0.920 bits per heavy atom. The van der Waals surface area contributed by atoms with E-state index in [4.69, 9.17) is 0 Å². The van der Waals surface area contributed by atoms with Crippen molar-refractivity contribution >= 4 is 23.7 Å². The van der Waals surface area contributed by atoms with Crippen LogP contribution in [0.2, 0.25) is 0 Å². The second-order valence-electron chi connectivity index (χ2n) is 6.04. The highest BCUT2D eigenvalue weighted by atomic mass is 16.1. The highest BCUT2D eigenvalue weighted by Gasteiger charge is 2.07. The molecule has 1 heterocycles. The molecule has 3 nitrogen and oxygen atoms in total. The van der Waals surface area contributed by atoms with Crippen LogP contribution in [0.5, 0.6) is 0 Å². The normalized spacial score (nSPS) is 10.8. The van der Waals surface area contributed by atoms with Crippen LogP contribution in [0.1, 0.15) is 32.7 Å². The van der Waals surface area contributed by atoms with Gasteiger partial charge in [0.05, 0.1) is 5.69 Å². The van der Waals surface area contributed by atoms with E-state index in [9.17, 15) is 4.79 Å². The van der Waals surface area contributed by atoms with Crippen molar-refractivity contribution in [2.45, 2.75) is 13.8 Å². The van der Waals surface area contributed by atoms with E-state index in [2.05, 4.69) is 16.4 Å². The van der Waals surface area contributed by atoms with Gasteiger partial charge in [0.2, 0.25) is 0 Å². The third kappa shape index (κ3) is 4.64. The summed E-state index contributed by atoms with van der Waals surface area (Å²) in [5.41, 5.74) is 5.50. The number of pyridine rings is 1. The summed E-state index contributed by atoms with van der Waals surface area (Å²) in [4.78, 5) is 16.7. The molecule has 0 fully saturated rings. The van der Waals surface area contributed by atoms with E-state index in [1.165, 1.54) is 0 Å². The number of anilines is 1. The lowest BCUT2D eigenvalue weighted by Crippen LogP contribution is -2.12. The zero-order valence-corrected chi connectivity index (χ0v) is 14.4. The van der Waals surface area contributed by atoms with Crippen molar-refractivity contribution in [2.75, 3.05) is 5.32 Å². The van der Waals surface area contributed by atoms with E-state index in [0.29, 0.717) is 5.56 Å². The average molecular weight is 328 g/mol. The van der Waals surface area contributed by atoms with Gasteiger partial charge in [0.1, 0.15) is 0 Å². The van der Waals surface area contributed by atoms with Crippen LogP contribution >= 0.6 is 0 Å². The first kappa shape index (κ1) is 16.7. The van der Waals surface area contributed by atoms with Crippen molar-refractivity contribution in [3.63, 3.8) is 0 Å². The maximum Gasteiger partial charge on any atom is 0.255 e. The second kappa shape index (κ2) is 7.58. The van der Waals surface area contributed by atoms with Crippen molar-refractivity contribution in [3.05, 3.63) is 94.8 Å². The molecule has 0 spiro atoms. The second-order valence-corrected chi connectivity index (χ2v) is 6.04. The molecule has 0 atom stereocenters. The van der Waals surface area contributed by atoms with Gasteiger partial charge in [-0.1, -0.05) is 41.5 Å². The predicted octanol–water partition coefficient (Wildman–Crippen LogP) is 5.12. The molecule has 0 saturated carbocycles. The van der Waals surface area contributed by atoms with Gasteiger partial charge in [-0.05, 0) is 61.9 Å². The van der Waals surface area contributed by atoms with Crippen molar-refractivity contribution in [1.82, 2.24) is 4.98 Å². The van der Waals surface area contributed by atoms with Crippen LogP contribution in [0.4, 0.5) is 5.69 Å². The number of nitrogens with zero attached hydrogens (tertiary/aromatic N) is 1. The zero-order chi connectivity index (χ0) is 17.6. The van der Waals surface area contributed by atoms with Gasteiger partial charge in [-0.15, -0.1) is 0 Å². The summed E-state index contributed by atoms with van der Waals surface area (Å²) < 4.78 is 0. The molecular weight excluding hydrogens is 308 g/mol. The number of nitrogens with one attached hydrogen (secondary N) is 1. The Kier molecular flexibility index (Phi) is 5.05. The number of carbonyl (C=O) groups excluding carboxylic acids is 1. The number of rotatable bonds is 4. The molecule has 1 aromatic heterocycles. The molecule has 3 aromatic rings. The van der Waals surface area contributed by atoms with Gasteiger partial charge in [-0.3, -0.25) is 9.78 Å². The van der Waals surface area contributed by atoms with Crippen LogP contribution in [0.15, 0.2) is 66.9 Å². The molecule has 0 aliphatic carbocycles. The summed E-state index contributed by atoms with van der Waals surface area (Å²) in [6.07, 6.45) is 5.69. The average Bonchev–Trinajstić information content (AvgIpc) is 2.60. The van der Waals surface area contributed by atoms with E-state index in [0.717, 1.165) is 28.1 Å². The number of hydrogen-bond donors (Lipinski definition) is 1. The molecule has 0 bridgehead atoms. The Hall–Kier alpha value is -3.20. The maximum absolute atomic E-state index is 12.5. The lowest BCUT2D eigenvalue weighted by Gasteiger charge is -2.08. The number of aromatic nitrogens is 1. The highest BCUT2D eigenvalue weighted by molar-refractivity contribution is 6.04. The molecule has 124 valence electrons. The maximum atomic E-state index is 12.5. The molecule has 3 rings (SSSR count). The van der Waals surface area contributed by atoms with Crippen LogP contribution in [0, 0.1) is 13.8 Å². The Bertz CT molecular complexity index is 894. The Labute approximate surface area is 148 Å². The molecule has 0 radical (unpaired) electrons. The van der Waals surface area contributed by atoms with Crippen LogP contribution in [0.3, 0.4) is 0 Å². The monoisotopic (exact) mass is 328 g/mol. The van der Waals surface area contributed by atoms with Crippen molar-refractivity contribution < 1.29 is 4.79 Å². The fraction of sp³-hybridized carbons (Fsp3) is 0.0909. The first-order valence-corrected chi connectivity index (χ1v) is 8.19. The highest BCUT2D eigenvalue weighted by Crippen LogP contribution is 2.16. The number of amides is 1. The number of benzene rings is 2. The summed E-state index contributed by atoms with van der Waals surface area (Å²) >= 11 is 0. The summed E-state index contributed by atoms with van der Waals surface area (Å²) in [6.45, 7) is 3.99. The van der Waals surface area contributed by atoms with Crippen LogP contribution in [-0.4, -0.2) is 10.9 Å². The fourth-order valence-electron chi connectivity index (χ4n) is 2.69. The van der Waals surface area contributed by atoms with E-state index < -0.39 is 0 Å². The topological polar surface area (TPSA) is 42.0 Å². The lowest BCUT2D eigenvalue weighted by atomic mass is 10.1. The molecule has 3 heteroatoms. The zero-order valence-electron chi connectivity index (χ0n) is 14.4. The molecular formula is C22H20N2O. The Morgan fingerprint density at radius 3 is 2.44 bits per heavy atom. The third-order valence-corrected chi connectivity index (χ3v) is 3.76. The van der Waals surface area contributed by atoms with E-state index in [-0.39, 0.29) is 5.91 Å². The van der Waals surface area contributed by atoms with Crippen LogP contribution < -0.4 is 5.32 Å². The SMILES string of the molecule is Cc1cc(C)cc(C(=O)Nc2cccc(/C=C/c3ccccn3)c2)c1. The van der Waals surface area contributed by atoms with Gasteiger partial charge in [0.15, 0.2) is 0 Å². The summed E-state index contributed by atoms with van der Waals surface area (Å²) in [5, 5.41) is 2.96. The summed E-state index contributed by atoms with van der Waals surface area (Å²) in [7, 11) is 0. The number of carbonyl (C=O) groups is 1. The lowest BCUT2D eigenvalue weighted by molar-refractivity contribution is 0.102. The first-order valence-electron chi connectivity index (χ1n) is 8.19. The summed E-state index contributed by atoms with van der Waals surface area (Å²) in [5.74, 6) is -0.0994. The smallest absolute Gasteiger partial charge is 0.255 e. The molecule has 25 heavy (non-hydrogen) atoms. The molecule has 0 unspecified atom stereocenters. The predicted molar refractivity (Wildman–Crippen MR) is 103 cm³/mol. The van der Waals surface area contributed by atoms with Crippen molar-refractivity contribution in [2.24, 2.45) is 0 Å². The first-order chi connectivity index (χ1) is 12.1. The minimum atomic E-state index is -0.0994. The Morgan fingerprint density at radius 2 is 1.72 bits per heavy atom. The van der Waals surface area contributed by atoms with Gasteiger partial charge >= 0.3 is 0 Å². The molecule has 0 aliphatic heterocycles.